The number of imidazole rings is 1. The molecule has 0 bridgehead atoms. The molecule has 2 aromatic heterocycles. The summed E-state index contributed by atoms with van der Waals surface area (Å²) in [7, 11) is -4.13. The smallest absolute Gasteiger partial charge is 0.333 e. The fraction of sp³-hybridized carbons (Fsp3) is 0.545. The number of rotatable bonds is 3. The third-order valence-electron chi connectivity index (χ3n) is 4.05. The number of aryl methyl sites for hydroxylation is 1. The Kier molecular flexibility index (Phi) is 2.67. The van der Waals surface area contributed by atoms with Crippen molar-refractivity contribution >= 4 is 21.5 Å². The van der Waals surface area contributed by atoms with Crippen LogP contribution in [0.3, 0.4) is 0 Å². The Hall–Kier alpha value is -1.66. The van der Waals surface area contributed by atoms with E-state index < -0.39 is 34.3 Å². The molecule has 22 heavy (non-hydrogen) atoms. The summed E-state index contributed by atoms with van der Waals surface area (Å²) < 4.78 is 33.8. The third-order valence-corrected chi connectivity index (χ3v) is 4.52. The standard InChI is InChI=1S/C11H13N5O5S/c1-5-7-10(14-3-13-5)16(4-15-7)6-2-11(17)8(20-6)9(11)21-22(12,18)19/h3-4,6,8-9,17H,2H2,1H3,(H2,12,18,19)/t6-,8-,9?,11+/m1/s1. The maximum atomic E-state index is 10.9. The number of hydrogen-bond acceptors (Lipinski definition) is 8. The monoisotopic (exact) mass is 327 g/mol. The first-order valence-electron chi connectivity index (χ1n) is 6.52. The molecular weight excluding hydrogens is 314 g/mol. The van der Waals surface area contributed by atoms with Crippen LogP contribution in [0.4, 0.5) is 0 Å². The molecular formula is C11H13N5O5S. The van der Waals surface area contributed by atoms with Gasteiger partial charge in [0, 0.05) is 6.42 Å². The van der Waals surface area contributed by atoms with Crippen LogP contribution in [0.15, 0.2) is 12.7 Å². The van der Waals surface area contributed by atoms with Crippen LogP contribution in [0.25, 0.3) is 11.2 Å². The van der Waals surface area contributed by atoms with Gasteiger partial charge in [-0.25, -0.2) is 24.3 Å². The van der Waals surface area contributed by atoms with Crippen LogP contribution in [0.1, 0.15) is 18.3 Å². The van der Waals surface area contributed by atoms with Crippen LogP contribution in [0.5, 0.6) is 0 Å². The topological polar surface area (TPSA) is 142 Å². The molecule has 11 heteroatoms. The lowest BCUT2D eigenvalue weighted by Crippen LogP contribution is -2.26. The number of ether oxygens (including phenoxy) is 1. The largest absolute Gasteiger partial charge is 0.384 e. The highest BCUT2D eigenvalue weighted by molar-refractivity contribution is 7.84. The van der Waals surface area contributed by atoms with Gasteiger partial charge in [-0.15, -0.1) is 0 Å². The molecule has 0 spiro atoms. The Morgan fingerprint density at radius 3 is 2.91 bits per heavy atom. The Labute approximate surface area is 125 Å². The van der Waals surface area contributed by atoms with Crippen molar-refractivity contribution in [1.29, 1.82) is 0 Å². The second-order valence-corrected chi connectivity index (χ2v) is 6.68. The van der Waals surface area contributed by atoms with E-state index in [1.807, 2.05) is 6.92 Å². The number of aliphatic hydroxyl groups is 1. The number of fused-ring (bicyclic) bond motifs is 2. The van der Waals surface area contributed by atoms with Gasteiger partial charge in [0.15, 0.2) is 5.65 Å². The van der Waals surface area contributed by atoms with Gasteiger partial charge in [-0.05, 0) is 6.92 Å². The van der Waals surface area contributed by atoms with Crippen molar-refractivity contribution in [2.45, 2.75) is 37.4 Å². The van der Waals surface area contributed by atoms with E-state index in [9.17, 15) is 13.5 Å². The Bertz CT molecular complexity index is 867. The summed E-state index contributed by atoms with van der Waals surface area (Å²) in [5, 5.41) is 15.2. The van der Waals surface area contributed by atoms with Crippen molar-refractivity contribution in [2.75, 3.05) is 0 Å². The lowest BCUT2D eigenvalue weighted by Gasteiger charge is -2.17. The van der Waals surface area contributed by atoms with Gasteiger partial charge in [0.2, 0.25) is 0 Å². The maximum absolute atomic E-state index is 10.9. The molecule has 1 unspecified atom stereocenters. The van der Waals surface area contributed by atoms with Gasteiger partial charge in [0.25, 0.3) is 0 Å². The van der Waals surface area contributed by atoms with E-state index in [1.165, 1.54) is 6.33 Å². The first kappa shape index (κ1) is 14.0. The lowest BCUT2D eigenvalue weighted by molar-refractivity contribution is -0.00434. The molecule has 2 aliphatic rings. The zero-order chi connectivity index (χ0) is 15.7. The van der Waals surface area contributed by atoms with Crippen molar-refractivity contribution in [3.8, 4) is 0 Å². The highest BCUT2D eigenvalue weighted by Gasteiger charge is 2.74. The second kappa shape index (κ2) is 4.20. The molecule has 4 rings (SSSR count). The van der Waals surface area contributed by atoms with Crippen LogP contribution in [-0.2, 0) is 19.2 Å². The number of nitrogens with zero attached hydrogens (tertiary/aromatic N) is 4. The summed E-state index contributed by atoms with van der Waals surface area (Å²) in [5.41, 5.74) is 0.610. The molecule has 3 N–H and O–H groups in total. The molecule has 2 aromatic rings. The predicted molar refractivity (Wildman–Crippen MR) is 71.5 cm³/mol. The first-order chi connectivity index (χ1) is 10.3. The molecule has 1 saturated carbocycles. The van der Waals surface area contributed by atoms with Crippen molar-refractivity contribution in [3.05, 3.63) is 18.3 Å². The fourth-order valence-electron chi connectivity index (χ4n) is 2.90. The highest BCUT2D eigenvalue weighted by atomic mass is 32.2. The van der Waals surface area contributed by atoms with Gasteiger partial charge in [0.05, 0.1) is 12.0 Å². The van der Waals surface area contributed by atoms with Crippen molar-refractivity contribution in [2.24, 2.45) is 5.14 Å². The van der Waals surface area contributed by atoms with Crippen LogP contribution in [-0.4, -0.2) is 50.9 Å². The van der Waals surface area contributed by atoms with E-state index in [0.29, 0.717) is 11.2 Å². The molecule has 0 amide bonds. The van der Waals surface area contributed by atoms with Crippen molar-refractivity contribution < 1.29 is 22.4 Å². The maximum Gasteiger partial charge on any atom is 0.333 e. The van der Waals surface area contributed by atoms with E-state index in [4.69, 9.17) is 9.88 Å². The molecule has 2 fully saturated rings. The summed E-state index contributed by atoms with van der Waals surface area (Å²) >= 11 is 0. The third kappa shape index (κ3) is 1.94. The molecule has 0 aromatic carbocycles. The Morgan fingerprint density at radius 1 is 1.50 bits per heavy atom. The fourth-order valence-corrected chi connectivity index (χ4v) is 3.46. The molecule has 1 aliphatic carbocycles. The summed E-state index contributed by atoms with van der Waals surface area (Å²) in [5.74, 6) is 0. The number of nitrogens with two attached hydrogens (primary N) is 1. The van der Waals surface area contributed by atoms with Crippen LogP contribution in [0.2, 0.25) is 0 Å². The van der Waals surface area contributed by atoms with Crippen molar-refractivity contribution in [3.63, 3.8) is 0 Å². The predicted octanol–water partition coefficient (Wildman–Crippen LogP) is -1.24. The summed E-state index contributed by atoms with van der Waals surface area (Å²) in [6.07, 6.45) is 0.927. The Morgan fingerprint density at radius 2 is 2.27 bits per heavy atom. The summed E-state index contributed by atoms with van der Waals surface area (Å²) in [4.78, 5) is 12.5. The minimum Gasteiger partial charge on any atom is -0.384 e. The van der Waals surface area contributed by atoms with Gasteiger partial charge < -0.3 is 9.84 Å². The first-order valence-corrected chi connectivity index (χ1v) is 8.00. The molecule has 1 aliphatic heterocycles. The molecule has 118 valence electrons. The van der Waals surface area contributed by atoms with E-state index in [2.05, 4.69) is 19.1 Å². The van der Waals surface area contributed by atoms with Gasteiger partial charge in [-0.3, -0.25) is 4.57 Å². The van der Waals surface area contributed by atoms with E-state index >= 15 is 0 Å². The minimum absolute atomic E-state index is 0.159. The van der Waals surface area contributed by atoms with Crippen molar-refractivity contribution in [1.82, 2.24) is 19.5 Å². The summed E-state index contributed by atoms with van der Waals surface area (Å²) in [6.45, 7) is 1.82. The Balaban J connectivity index is 1.59. The van der Waals surface area contributed by atoms with E-state index in [1.54, 1.807) is 10.9 Å². The molecule has 1 saturated heterocycles. The van der Waals surface area contributed by atoms with E-state index in [0.717, 1.165) is 5.69 Å². The summed E-state index contributed by atoms with van der Waals surface area (Å²) in [6, 6.07) is 0. The second-order valence-electron chi connectivity index (χ2n) is 5.50. The molecule has 3 heterocycles. The average Bonchev–Trinajstić information content (AvgIpc) is 2.83. The molecule has 0 radical (unpaired) electrons. The van der Waals surface area contributed by atoms with Crippen LogP contribution in [0, 0.1) is 6.92 Å². The van der Waals surface area contributed by atoms with E-state index in [-0.39, 0.29) is 6.42 Å². The number of aromatic nitrogens is 4. The normalized spacial score (nSPS) is 34.0. The van der Waals surface area contributed by atoms with Crippen LogP contribution < -0.4 is 5.14 Å². The number of hydrogen-bond donors (Lipinski definition) is 2. The molecule has 10 nitrogen and oxygen atoms in total. The van der Waals surface area contributed by atoms with Crippen LogP contribution >= 0.6 is 0 Å². The zero-order valence-electron chi connectivity index (χ0n) is 11.4. The molecule has 4 atom stereocenters. The van der Waals surface area contributed by atoms with Gasteiger partial charge in [-0.2, -0.15) is 8.42 Å². The SMILES string of the molecule is Cc1ncnc2c1ncn2[C@H]1C[C@@]2(O)C(OS(N)(=O)=O)[C@H]2O1. The average molecular weight is 327 g/mol. The minimum atomic E-state index is -4.13. The van der Waals surface area contributed by atoms with Gasteiger partial charge in [0.1, 0.15) is 35.9 Å². The zero-order valence-corrected chi connectivity index (χ0v) is 12.3. The van der Waals surface area contributed by atoms with Gasteiger partial charge >= 0.3 is 10.3 Å². The van der Waals surface area contributed by atoms with Gasteiger partial charge in [-0.1, -0.05) is 0 Å². The highest BCUT2D eigenvalue weighted by Crippen LogP contribution is 2.55. The lowest BCUT2D eigenvalue weighted by atomic mass is 10.2. The quantitative estimate of drug-likeness (QED) is 0.712.